The number of aryl methyl sites for hydroxylation is 1. The summed E-state index contributed by atoms with van der Waals surface area (Å²) in [6, 6.07) is 11.1. The summed E-state index contributed by atoms with van der Waals surface area (Å²) in [5.74, 6) is 0. The monoisotopic (exact) mass is 294 g/mol. The molecule has 19 heavy (non-hydrogen) atoms. The maximum absolute atomic E-state index is 11.8. The van der Waals surface area contributed by atoms with Crippen molar-refractivity contribution < 1.29 is 4.79 Å². The average molecular weight is 295 g/mol. The number of halogens is 1. The van der Waals surface area contributed by atoms with Gasteiger partial charge in [-0.2, -0.15) is 0 Å². The molecule has 1 atom stereocenters. The van der Waals surface area contributed by atoms with Gasteiger partial charge in [0.15, 0.2) is 0 Å². The summed E-state index contributed by atoms with van der Waals surface area (Å²) in [6.45, 7) is 3.93. The van der Waals surface area contributed by atoms with Crippen LogP contribution in [0.25, 0.3) is 0 Å². The number of urea groups is 1. The van der Waals surface area contributed by atoms with E-state index in [0.717, 1.165) is 20.5 Å². The van der Waals surface area contributed by atoms with Gasteiger partial charge in [0.05, 0.1) is 10.4 Å². The van der Waals surface area contributed by atoms with Crippen LogP contribution in [0.2, 0.25) is 4.34 Å². The fourth-order valence-electron chi connectivity index (χ4n) is 1.63. The Morgan fingerprint density at radius 3 is 2.47 bits per heavy atom. The Labute approximate surface area is 121 Å². The van der Waals surface area contributed by atoms with Gasteiger partial charge in [0.1, 0.15) is 0 Å². The van der Waals surface area contributed by atoms with Crippen LogP contribution in [-0.2, 0) is 0 Å². The third-order valence-electron chi connectivity index (χ3n) is 2.68. The summed E-state index contributed by atoms with van der Waals surface area (Å²) in [5.41, 5.74) is 1.94. The number of benzene rings is 1. The molecule has 0 fully saturated rings. The number of hydrogen-bond acceptors (Lipinski definition) is 2. The van der Waals surface area contributed by atoms with E-state index in [1.54, 1.807) is 0 Å². The maximum Gasteiger partial charge on any atom is 0.319 e. The quantitative estimate of drug-likeness (QED) is 0.854. The molecule has 3 nitrogen and oxygen atoms in total. The second kappa shape index (κ2) is 6.08. The molecule has 0 aliphatic heterocycles. The molecule has 0 saturated carbocycles. The molecule has 5 heteroatoms. The Bertz CT molecular complexity index is 565. The van der Waals surface area contributed by atoms with Gasteiger partial charge < -0.3 is 10.6 Å². The molecule has 100 valence electrons. The third-order valence-corrected chi connectivity index (χ3v) is 4.09. The molecule has 0 bridgehead atoms. The highest BCUT2D eigenvalue weighted by atomic mass is 35.5. The Morgan fingerprint density at radius 1 is 1.21 bits per heavy atom. The summed E-state index contributed by atoms with van der Waals surface area (Å²) in [5, 5.41) is 5.67. The van der Waals surface area contributed by atoms with E-state index in [0.29, 0.717) is 0 Å². The van der Waals surface area contributed by atoms with Crippen LogP contribution >= 0.6 is 22.9 Å². The molecular formula is C14H15ClN2OS. The molecule has 0 radical (unpaired) electrons. The summed E-state index contributed by atoms with van der Waals surface area (Å²) >= 11 is 7.34. The summed E-state index contributed by atoms with van der Waals surface area (Å²) < 4.78 is 0.725. The first-order valence-corrected chi connectivity index (χ1v) is 7.13. The molecule has 2 rings (SSSR count). The van der Waals surface area contributed by atoms with Crippen molar-refractivity contribution in [3.63, 3.8) is 0 Å². The van der Waals surface area contributed by atoms with E-state index in [9.17, 15) is 4.79 Å². The van der Waals surface area contributed by atoms with Crippen LogP contribution in [0.3, 0.4) is 0 Å². The van der Waals surface area contributed by atoms with Gasteiger partial charge in [0, 0.05) is 10.6 Å². The number of thiophene rings is 1. The van der Waals surface area contributed by atoms with Gasteiger partial charge in [0.25, 0.3) is 0 Å². The Balaban J connectivity index is 1.92. The minimum atomic E-state index is -0.221. The van der Waals surface area contributed by atoms with Gasteiger partial charge in [-0.05, 0) is 38.1 Å². The summed E-state index contributed by atoms with van der Waals surface area (Å²) in [6.07, 6.45) is 0. The van der Waals surface area contributed by atoms with Gasteiger partial charge in [-0.1, -0.05) is 29.3 Å². The number of amides is 2. The maximum atomic E-state index is 11.8. The van der Waals surface area contributed by atoms with Crippen molar-refractivity contribution in [1.29, 1.82) is 0 Å². The van der Waals surface area contributed by atoms with Crippen LogP contribution in [0.1, 0.15) is 23.4 Å². The molecule has 0 aliphatic carbocycles. The van der Waals surface area contributed by atoms with Gasteiger partial charge in [-0.25, -0.2) is 4.79 Å². The zero-order valence-electron chi connectivity index (χ0n) is 10.7. The molecule has 0 unspecified atom stereocenters. The molecular weight excluding hydrogens is 280 g/mol. The van der Waals surface area contributed by atoms with Crippen molar-refractivity contribution in [3.05, 3.63) is 51.2 Å². The lowest BCUT2D eigenvalue weighted by atomic mass is 10.2. The molecule has 0 saturated heterocycles. The van der Waals surface area contributed by atoms with Gasteiger partial charge in [-0.15, -0.1) is 11.3 Å². The normalized spacial score (nSPS) is 11.9. The largest absolute Gasteiger partial charge is 0.331 e. The lowest BCUT2D eigenvalue weighted by molar-refractivity contribution is 0.249. The van der Waals surface area contributed by atoms with E-state index >= 15 is 0 Å². The highest BCUT2D eigenvalue weighted by molar-refractivity contribution is 7.16. The average Bonchev–Trinajstić information content (AvgIpc) is 2.79. The molecule has 1 aromatic carbocycles. The van der Waals surface area contributed by atoms with Crippen LogP contribution in [0, 0.1) is 6.92 Å². The highest BCUT2D eigenvalue weighted by Crippen LogP contribution is 2.26. The zero-order chi connectivity index (χ0) is 13.8. The van der Waals surface area contributed by atoms with Gasteiger partial charge >= 0.3 is 6.03 Å². The first kappa shape index (κ1) is 13.9. The smallest absolute Gasteiger partial charge is 0.319 e. The number of rotatable bonds is 3. The predicted octanol–water partition coefficient (Wildman–Crippen LogP) is 4.59. The fraction of sp³-hybridized carbons (Fsp3) is 0.214. The van der Waals surface area contributed by atoms with Gasteiger partial charge in [0.2, 0.25) is 0 Å². The Kier molecular flexibility index (Phi) is 4.45. The molecule has 1 heterocycles. The number of anilines is 1. The van der Waals surface area contributed by atoms with Crippen LogP contribution < -0.4 is 10.6 Å². The standard InChI is InChI=1S/C14H15ClN2OS/c1-9-3-5-11(6-4-9)17-14(18)16-10(2)12-7-8-13(15)19-12/h3-8,10H,1-2H3,(H2,16,17,18)/t10-/m0/s1. The highest BCUT2D eigenvalue weighted by Gasteiger charge is 2.11. The number of carbonyl (C=O) groups is 1. The lowest BCUT2D eigenvalue weighted by Gasteiger charge is -2.13. The summed E-state index contributed by atoms with van der Waals surface area (Å²) in [7, 11) is 0. The van der Waals surface area contributed by atoms with E-state index in [1.807, 2.05) is 50.2 Å². The second-order valence-corrected chi connectivity index (χ2v) is 6.07. The zero-order valence-corrected chi connectivity index (χ0v) is 12.3. The van der Waals surface area contributed by atoms with Crippen molar-refractivity contribution in [1.82, 2.24) is 5.32 Å². The van der Waals surface area contributed by atoms with Crippen molar-refractivity contribution in [2.75, 3.05) is 5.32 Å². The number of nitrogens with one attached hydrogen (secondary N) is 2. The van der Waals surface area contributed by atoms with E-state index in [-0.39, 0.29) is 12.1 Å². The van der Waals surface area contributed by atoms with Crippen molar-refractivity contribution >= 4 is 34.7 Å². The second-order valence-electron chi connectivity index (χ2n) is 4.33. The molecule has 0 aliphatic rings. The SMILES string of the molecule is Cc1ccc(NC(=O)N[C@@H](C)c2ccc(Cl)s2)cc1. The summed E-state index contributed by atoms with van der Waals surface area (Å²) in [4.78, 5) is 12.9. The van der Waals surface area contributed by atoms with Crippen molar-refractivity contribution in [3.8, 4) is 0 Å². The van der Waals surface area contributed by atoms with E-state index in [2.05, 4.69) is 10.6 Å². The number of hydrogen-bond donors (Lipinski definition) is 2. The fourth-order valence-corrected chi connectivity index (χ4v) is 2.70. The predicted molar refractivity (Wildman–Crippen MR) is 81.1 cm³/mol. The third kappa shape index (κ3) is 3.98. The molecule has 2 amide bonds. The van der Waals surface area contributed by atoms with Gasteiger partial charge in [-0.3, -0.25) is 0 Å². The molecule has 2 N–H and O–H groups in total. The first-order chi connectivity index (χ1) is 9.04. The minimum Gasteiger partial charge on any atom is -0.331 e. The molecule has 0 spiro atoms. The first-order valence-electron chi connectivity index (χ1n) is 5.94. The number of carbonyl (C=O) groups excluding carboxylic acids is 1. The van der Waals surface area contributed by atoms with Crippen LogP contribution in [-0.4, -0.2) is 6.03 Å². The molecule has 2 aromatic rings. The molecule has 1 aromatic heterocycles. The van der Waals surface area contributed by atoms with Crippen molar-refractivity contribution in [2.45, 2.75) is 19.9 Å². The topological polar surface area (TPSA) is 41.1 Å². The minimum absolute atomic E-state index is 0.0667. The van der Waals surface area contributed by atoms with Crippen LogP contribution in [0.15, 0.2) is 36.4 Å². The Morgan fingerprint density at radius 2 is 1.89 bits per heavy atom. The van der Waals surface area contributed by atoms with E-state index in [1.165, 1.54) is 11.3 Å². The van der Waals surface area contributed by atoms with Crippen molar-refractivity contribution in [2.24, 2.45) is 0 Å². The van der Waals surface area contributed by atoms with Crippen LogP contribution in [0.4, 0.5) is 10.5 Å². The van der Waals surface area contributed by atoms with Crippen LogP contribution in [0.5, 0.6) is 0 Å². The Hall–Kier alpha value is -1.52. The lowest BCUT2D eigenvalue weighted by Crippen LogP contribution is -2.30. The van der Waals surface area contributed by atoms with E-state index in [4.69, 9.17) is 11.6 Å². The van der Waals surface area contributed by atoms with E-state index < -0.39 is 0 Å².